The van der Waals surface area contributed by atoms with Crippen molar-refractivity contribution in [1.82, 2.24) is 10.6 Å². The van der Waals surface area contributed by atoms with Crippen LogP contribution in [0.3, 0.4) is 0 Å². The molecule has 0 spiro atoms. The molecule has 0 unspecified atom stereocenters. The molecule has 0 aliphatic carbocycles. The first-order valence-corrected chi connectivity index (χ1v) is 5.42. The first-order valence-electron chi connectivity index (χ1n) is 5.42. The summed E-state index contributed by atoms with van der Waals surface area (Å²) in [6.07, 6.45) is 0.451. The Kier molecular flexibility index (Phi) is 5.16. The highest BCUT2D eigenvalue weighted by Gasteiger charge is 2.19. The van der Waals surface area contributed by atoms with Crippen molar-refractivity contribution >= 4 is 11.8 Å². The molecule has 92 valence electrons. The molecule has 0 fully saturated rings. The second-order valence-corrected chi connectivity index (χ2v) is 3.63. The van der Waals surface area contributed by atoms with Gasteiger partial charge in [0.05, 0.1) is 6.54 Å². The maximum absolute atomic E-state index is 11.6. The van der Waals surface area contributed by atoms with E-state index in [1.807, 2.05) is 30.3 Å². The number of nitrogens with two attached hydrogens (primary N) is 1. The molecule has 2 amide bonds. The van der Waals surface area contributed by atoms with Gasteiger partial charge in [0.1, 0.15) is 6.04 Å². The lowest BCUT2D eigenvalue weighted by atomic mass is 10.1. The third kappa shape index (κ3) is 4.24. The molecular weight excluding hydrogens is 218 g/mol. The number of nitrogens with one attached hydrogen (secondary N) is 2. The van der Waals surface area contributed by atoms with Crippen LogP contribution in [0, 0.1) is 0 Å². The van der Waals surface area contributed by atoms with Gasteiger partial charge in [-0.3, -0.25) is 9.59 Å². The number of benzene rings is 1. The molecule has 0 saturated carbocycles. The molecule has 0 aliphatic heterocycles. The van der Waals surface area contributed by atoms with Crippen molar-refractivity contribution in [3.63, 3.8) is 0 Å². The van der Waals surface area contributed by atoms with Crippen molar-refractivity contribution in [3.8, 4) is 0 Å². The first-order chi connectivity index (χ1) is 8.17. The molecule has 4 N–H and O–H groups in total. The highest BCUT2D eigenvalue weighted by molar-refractivity contribution is 5.88. The molecule has 1 aromatic carbocycles. The van der Waals surface area contributed by atoms with Gasteiger partial charge >= 0.3 is 0 Å². The molecule has 1 atom stereocenters. The van der Waals surface area contributed by atoms with E-state index in [1.165, 1.54) is 7.05 Å². The number of carbonyl (C=O) groups is 2. The van der Waals surface area contributed by atoms with Crippen LogP contribution in [0.5, 0.6) is 0 Å². The fourth-order valence-electron chi connectivity index (χ4n) is 1.49. The van der Waals surface area contributed by atoms with E-state index in [0.717, 1.165) is 5.56 Å². The van der Waals surface area contributed by atoms with Gasteiger partial charge in [-0.1, -0.05) is 30.3 Å². The largest absolute Gasteiger partial charge is 0.357 e. The van der Waals surface area contributed by atoms with Crippen molar-refractivity contribution in [2.45, 2.75) is 12.5 Å². The smallest absolute Gasteiger partial charge is 0.242 e. The minimum atomic E-state index is -0.585. The van der Waals surface area contributed by atoms with Crippen LogP contribution in [-0.2, 0) is 16.0 Å². The van der Waals surface area contributed by atoms with Gasteiger partial charge < -0.3 is 16.4 Å². The highest BCUT2D eigenvalue weighted by atomic mass is 16.2. The van der Waals surface area contributed by atoms with Crippen LogP contribution >= 0.6 is 0 Å². The summed E-state index contributed by atoms with van der Waals surface area (Å²) in [6, 6.07) is 8.91. The van der Waals surface area contributed by atoms with Gasteiger partial charge in [0, 0.05) is 13.5 Å². The van der Waals surface area contributed by atoms with Crippen LogP contribution in [0.2, 0.25) is 0 Å². The molecule has 1 aromatic rings. The van der Waals surface area contributed by atoms with Crippen LogP contribution in [0.15, 0.2) is 30.3 Å². The lowest BCUT2D eigenvalue weighted by molar-refractivity contribution is -0.128. The molecular formula is C12H17N3O2. The van der Waals surface area contributed by atoms with Gasteiger partial charge in [0.2, 0.25) is 11.8 Å². The Hall–Kier alpha value is -1.88. The molecule has 0 heterocycles. The minimum Gasteiger partial charge on any atom is -0.357 e. The predicted molar refractivity (Wildman–Crippen MR) is 65.2 cm³/mol. The zero-order valence-electron chi connectivity index (χ0n) is 9.77. The van der Waals surface area contributed by atoms with Gasteiger partial charge in [0.15, 0.2) is 0 Å². The summed E-state index contributed by atoms with van der Waals surface area (Å²) >= 11 is 0. The van der Waals surface area contributed by atoms with E-state index in [-0.39, 0.29) is 18.4 Å². The average Bonchev–Trinajstić information content (AvgIpc) is 2.38. The Morgan fingerprint density at radius 2 is 1.94 bits per heavy atom. The predicted octanol–water partition coefficient (Wildman–Crippen LogP) is -0.581. The molecule has 0 saturated heterocycles. The SMILES string of the molecule is CNC(=O)[C@H](Cc1ccccc1)NC(=O)CN. The maximum atomic E-state index is 11.6. The Balaban J connectivity index is 2.70. The molecule has 0 bridgehead atoms. The van der Waals surface area contributed by atoms with E-state index in [0.29, 0.717) is 6.42 Å². The summed E-state index contributed by atoms with van der Waals surface area (Å²) < 4.78 is 0. The Morgan fingerprint density at radius 3 is 2.47 bits per heavy atom. The number of amides is 2. The number of hydrogen-bond donors (Lipinski definition) is 3. The lowest BCUT2D eigenvalue weighted by Crippen LogP contribution is -2.48. The summed E-state index contributed by atoms with van der Waals surface area (Å²) in [6.45, 7) is -0.123. The van der Waals surface area contributed by atoms with Crippen LogP contribution in [0.25, 0.3) is 0 Å². The second kappa shape index (κ2) is 6.65. The maximum Gasteiger partial charge on any atom is 0.242 e. The summed E-state index contributed by atoms with van der Waals surface area (Å²) in [5.74, 6) is -0.565. The zero-order chi connectivity index (χ0) is 12.7. The van der Waals surface area contributed by atoms with Gasteiger partial charge in [-0.05, 0) is 5.56 Å². The van der Waals surface area contributed by atoms with Crippen molar-refractivity contribution in [2.24, 2.45) is 5.73 Å². The Labute approximate surface area is 100 Å². The van der Waals surface area contributed by atoms with Crippen LogP contribution in [-0.4, -0.2) is 31.4 Å². The zero-order valence-corrected chi connectivity index (χ0v) is 9.77. The van der Waals surface area contributed by atoms with Crippen molar-refractivity contribution < 1.29 is 9.59 Å². The van der Waals surface area contributed by atoms with Crippen molar-refractivity contribution in [3.05, 3.63) is 35.9 Å². The number of hydrogen-bond acceptors (Lipinski definition) is 3. The van der Waals surface area contributed by atoms with Crippen LogP contribution < -0.4 is 16.4 Å². The van der Waals surface area contributed by atoms with Gasteiger partial charge in [-0.25, -0.2) is 0 Å². The van der Waals surface area contributed by atoms with Gasteiger partial charge in [-0.2, -0.15) is 0 Å². The Morgan fingerprint density at radius 1 is 1.29 bits per heavy atom. The van der Waals surface area contributed by atoms with E-state index in [9.17, 15) is 9.59 Å². The number of carbonyl (C=O) groups excluding carboxylic acids is 2. The normalized spacial score (nSPS) is 11.6. The topological polar surface area (TPSA) is 84.2 Å². The minimum absolute atomic E-state index is 0.123. The molecule has 5 nitrogen and oxygen atoms in total. The molecule has 1 rings (SSSR count). The third-order valence-electron chi connectivity index (χ3n) is 2.37. The monoisotopic (exact) mass is 235 g/mol. The summed E-state index contributed by atoms with van der Waals surface area (Å²) in [5, 5.41) is 5.11. The van der Waals surface area contributed by atoms with E-state index in [1.54, 1.807) is 0 Å². The fraction of sp³-hybridized carbons (Fsp3) is 0.333. The van der Waals surface area contributed by atoms with E-state index >= 15 is 0 Å². The highest BCUT2D eigenvalue weighted by Crippen LogP contribution is 2.03. The average molecular weight is 235 g/mol. The second-order valence-electron chi connectivity index (χ2n) is 3.63. The van der Waals surface area contributed by atoms with E-state index < -0.39 is 6.04 Å². The lowest BCUT2D eigenvalue weighted by Gasteiger charge is -2.16. The fourth-order valence-corrected chi connectivity index (χ4v) is 1.49. The van der Waals surface area contributed by atoms with E-state index in [4.69, 9.17) is 5.73 Å². The molecule has 17 heavy (non-hydrogen) atoms. The first kappa shape index (κ1) is 13.2. The summed E-state index contributed by atoms with van der Waals surface area (Å²) in [4.78, 5) is 22.8. The summed E-state index contributed by atoms with van der Waals surface area (Å²) in [5.41, 5.74) is 6.20. The van der Waals surface area contributed by atoms with Crippen LogP contribution in [0.1, 0.15) is 5.56 Å². The summed E-state index contributed by atoms with van der Waals surface area (Å²) in [7, 11) is 1.54. The molecule has 0 radical (unpaired) electrons. The molecule has 5 heteroatoms. The number of likely N-dealkylation sites (N-methyl/N-ethyl adjacent to an activating group) is 1. The molecule has 0 aromatic heterocycles. The van der Waals surface area contributed by atoms with Crippen molar-refractivity contribution in [1.29, 1.82) is 0 Å². The van der Waals surface area contributed by atoms with E-state index in [2.05, 4.69) is 10.6 Å². The van der Waals surface area contributed by atoms with Crippen LogP contribution in [0.4, 0.5) is 0 Å². The standard InChI is InChI=1S/C12H17N3O2/c1-14-12(17)10(15-11(16)8-13)7-9-5-3-2-4-6-9/h2-6,10H,7-8,13H2,1H3,(H,14,17)(H,15,16)/t10-/m0/s1. The van der Waals surface area contributed by atoms with Crippen molar-refractivity contribution in [2.75, 3.05) is 13.6 Å². The van der Waals surface area contributed by atoms with Gasteiger partial charge in [-0.15, -0.1) is 0 Å². The number of rotatable bonds is 5. The third-order valence-corrected chi connectivity index (χ3v) is 2.37. The Bertz CT molecular complexity index is 379. The quantitative estimate of drug-likeness (QED) is 0.638. The molecule has 0 aliphatic rings. The van der Waals surface area contributed by atoms with Gasteiger partial charge in [0.25, 0.3) is 0 Å².